The molecule has 1 saturated carbocycles. The molecule has 0 N–H and O–H groups in total. The minimum Gasteiger partial charge on any atom is -0.203 e. The topological polar surface area (TPSA) is 0 Å². The number of halogens is 2. The molecule has 0 bridgehead atoms. The fourth-order valence-corrected chi connectivity index (χ4v) is 4.12. The van der Waals surface area contributed by atoms with Gasteiger partial charge in [-0.3, -0.25) is 0 Å². The van der Waals surface area contributed by atoms with Gasteiger partial charge in [0.1, 0.15) is 0 Å². The van der Waals surface area contributed by atoms with E-state index in [-0.39, 0.29) is 5.92 Å². The zero-order valence-corrected chi connectivity index (χ0v) is 12.5. The highest BCUT2D eigenvalue weighted by molar-refractivity contribution is 5.40. The van der Waals surface area contributed by atoms with Gasteiger partial charge in [0, 0.05) is 0 Å². The van der Waals surface area contributed by atoms with E-state index >= 15 is 0 Å². The van der Waals surface area contributed by atoms with Gasteiger partial charge in [0.2, 0.25) is 0 Å². The van der Waals surface area contributed by atoms with Gasteiger partial charge in [-0.25, -0.2) is 8.78 Å². The molecule has 3 rings (SSSR count). The van der Waals surface area contributed by atoms with Crippen molar-refractivity contribution >= 4 is 0 Å². The second-order valence-electron chi connectivity index (χ2n) is 6.87. The van der Waals surface area contributed by atoms with Crippen LogP contribution in [-0.4, -0.2) is 0 Å². The van der Waals surface area contributed by atoms with E-state index in [0.29, 0.717) is 23.5 Å². The third-order valence-corrected chi connectivity index (χ3v) is 5.41. The van der Waals surface area contributed by atoms with E-state index in [2.05, 4.69) is 13.8 Å². The zero-order valence-electron chi connectivity index (χ0n) is 12.5. The van der Waals surface area contributed by atoms with E-state index in [9.17, 15) is 8.78 Å². The molecule has 0 nitrogen and oxygen atoms in total. The summed E-state index contributed by atoms with van der Waals surface area (Å²) in [4.78, 5) is 0. The lowest BCUT2D eigenvalue weighted by atomic mass is 9.77. The lowest BCUT2D eigenvalue weighted by Gasteiger charge is -2.28. The highest BCUT2D eigenvalue weighted by atomic mass is 19.2. The van der Waals surface area contributed by atoms with Crippen molar-refractivity contribution in [3.05, 3.63) is 34.4 Å². The van der Waals surface area contributed by atoms with E-state index < -0.39 is 11.6 Å². The Morgan fingerprint density at radius 2 is 1.75 bits per heavy atom. The Labute approximate surface area is 120 Å². The first-order valence-corrected chi connectivity index (χ1v) is 8.09. The van der Waals surface area contributed by atoms with Crippen molar-refractivity contribution in [1.29, 1.82) is 0 Å². The van der Waals surface area contributed by atoms with Gasteiger partial charge in [-0.2, -0.15) is 0 Å². The molecule has 0 amide bonds. The van der Waals surface area contributed by atoms with E-state index in [0.717, 1.165) is 43.6 Å². The molecule has 1 unspecified atom stereocenters. The number of hydrogen-bond acceptors (Lipinski definition) is 0. The Morgan fingerprint density at radius 3 is 2.40 bits per heavy atom. The van der Waals surface area contributed by atoms with Crippen molar-refractivity contribution in [3.8, 4) is 0 Å². The minimum absolute atomic E-state index is 0.230. The summed E-state index contributed by atoms with van der Waals surface area (Å²) in [5.41, 5.74) is 2.36. The highest BCUT2D eigenvalue weighted by Crippen LogP contribution is 2.41. The van der Waals surface area contributed by atoms with Crippen molar-refractivity contribution in [2.45, 2.75) is 64.7 Å². The molecular weight excluding hydrogens is 254 g/mol. The van der Waals surface area contributed by atoms with Crippen molar-refractivity contribution < 1.29 is 8.78 Å². The van der Waals surface area contributed by atoms with Gasteiger partial charge >= 0.3 is 0 Å². The number of benzene rings is 1. The SMILES string of the molecule is CCC1CCC(c2cc3c(c(F)c2F)CC(C)C3)CC1. The minimum atomic E-state index is -0.558. The normalized spacial score (nSPS) is 29.5. The first-order chi connectivity index (χ1) is 9.60. The molecule has 0 heterocycles. The van der Waals surface area contributed by atoms with Crippen LogP contribution in [0.1, 0.15) is 68.6 Å². The second-order valence-corrected chi connectivity index (χ2v) is 6.87. The molecule has 0 radical (unpaired) electrons. The lowest BCUT2D eigenvalue weighted by Crippen LogP contribution is -2.15. The lowest BCUT2D eigenvalue weighted by molar-refractivity contribution is 0.312. The molecule has 2 heteroatoms. The van der Waals surface area contributed by atoms with Crippen molar-refractivity contribution in [2.75, 3.05) is 0 Å². The van der Waals surface area contributed by atoms with Crippen LogP contribution in [0.3, 0.4) is 0 Å². The molecule has 110 valence electrons. The van der Waals surface area contributed by atoms with Crippen molar-refractivity contribution in [1.82, 2.24) is 0 Å². The van der Waals surface area contributed by atoms with Crippen molar-refractivity contribution in [3.63, 3.8) is 0 Å². The average molecular weight is 278 g/mol. The van der Waals surface area contributed by atoms with Gasteiger partial charge in [0.25, 0.3) is 0 Å². The number of fused-ring (bicyclic) bond motifs is 1. The Balaban J connectivity index is 1.88. The largest absolute Gasteiger partial charge is 0.203 e. The van der Waals surface area contributed by atoms with Gasteiger partial charge in [0.05, 0.1) is 0 Å². The summed E-state index contributed by atoms with van der Waals surface area (Å²) in [5, 5.41) is 0. The van der Waals surface area contributed by atoms with Crippen LogP contribution >= 0.6 is 0 Å². The van der Waals surface area contributed by atoms with Crippen LogP contribution in [0.25, 0.3) is 0 Å². The summed E-state index contributed by atoms with van der Waals surface area (Å²) in [7, 11) is 0. The molecule has 0 saturated heterocycles. The van der Waals surface area contributed by atoms with E-state index in [1.54, 1.807) is 0 Å². The van der Waals surface area contributed by atoms with E-state index in [1.807, 2.05) is 6.07 Å². The van der Waals surface area contributed by atoms with Gasteiger partial charge in [-0.1, -0.05) is 26.3 Å². The molecule has 2 aliphatic carbocycles. The first-order valence-electron chi connectivity index (χ1n) is 8.09. The molecular formula is C18H24F2. The monoisotopic (exact) mass is 278 g/mol. The fraction of sp³-hybridized carbons (Fsp3) is 0.667. The second kappa shape index (κ2) is 5.46. The number of hydrogen-bond donors (Lipinski definition) is 0. The average Bonchev–Trinajstić information content (AvgIpc) is 2.84. The third kappa shape index (κ3) is 2.38. The van der Waals surface area contributed by atoms with Crippen LogP contribution in [0.2, 0.25) is 0 Å². The summed E-state index contributed by atoms with van der Waals surface area (Å²) < 4.78 is 28.6. The van der Waals surface area contributed by atoms with Crippen LogP contribution in [0.4, 0.5) is 8.78 Å². The van der Waals surface area contributed by atoms with Gasteiger partial charge in [0.15, 0.2) is 11.6 Å². The maximum absolute atomic E-state index is 14.4. The Morgan fingerprint density at radius 1 is 1.05 bits per heavy atom. The van der Waals surface area contributed by atoms with Crippen LogP contribution in [-0.2, 0) is 12.8 Å². The van der Waals surface area contributed by atoms with Gasteiger partial charge < -0.3 is 0 Å². The quantitative estimate of drug-likeness (QED) is 0.681. The predicted molar refractivity (Wildman–Crippen MR) is 77.9 cm³/mol. The molecule has 0 aromatic heterocycles. The molecule has 1 atom stereocenters. The standard InChI is InChI=1S/C18H24F2/c1-3-12-4-6-13(7-5-12)16-10-14-8-11(2)9-15(14)17(19)18(16)20/h10-13H,3-9H2,1-2H3. The summed E-state index contributed by atoms with van der Waals surface area (Å²) in [6, 6.07) is 1.98. The highest BCUT2D eigenvalue weighted by Gasteiger charge is 2.30. The molecule has 1 fully saturated rings. The molecule has 20 heavy (non-hydrogen) atoms. The van der Waals surface area contributed by atoms with Crippen LogP contribution in [0, 0.1) is 23.5 Å². The first kappa shape index (κ1) is 14.0. The van der Waals surface area contributed by atoms with Crippen LogP contribution in [0.15, 0.2) is 6.07 Å². The van der Waals surface area contributed by atoms with E-state index in [1.165, 1.54) is 6.42 Å². The maximum Gasteiger partial charge on any atom is 0.162 e. The van der Waals surface area contributed by atoms with Gasteiger partial charge in [-0.15, -0.1) is 0 Å². The van der Waals surface area contributed by atoms with Crippen molar-refractivity contribution in [2.24, 2.45) is 11.8 Å². The summed E-state index contributed by atoms with van der Waals surface area (Å²) in [6.07, 6.45) is 7.17. The fourth-order valence-electron chi connectivity index (χ4n) is 4.12. The Kier molecular flexibility index (Phi) is 3.83. The molecule has 0 aliphatic heterocycles. The number of rotatable bonds is 2. The molecule has 2 aliphatic rings. The predicted octanol–water partition coefficient (Wildman–Crippen LogP) is 5.38. The third-order valence-electron chi connectivity index (χ3n) is 5.41. The summed E-state index contributed by atoms with van der Waals surface area (Å²) in [5.74, 6) is 0.351. The Hall–Kier alpha value is -0.920. The maximum atomic E-state index is 14.4. The van der Waals surface area contributed by atoms with E-state index in [4.69, 9.17) is 0 Å². The zero-order chi connectivity index (χ0) is 14.3. The summed E-state index contributed by atoms with van der Waals surface area (Å²) >= 11 is 0. The molecule has 1 aromatic rings. The molecule has 0 spiro atoms. The summed E-state index contributed by atoms with van der Waals surface area (Å²) in [6.45, 7) is 4.34. The Bertz CT molecular complexity index is 499. The van der Waals surface area contributed by atoms with Crippen LogP contribution in [0.5, 0.6) is 0 Å². The smallest absolute Gasteiger partial charge is 0.162 e. The molecule has 1 aromatic carbocycles. The van der Waals surface area contributed by atoms with Gasteiger partial charge in [-0.05, 0) is 73.0 Å². The van der Waals surface area contributed by atoms with Crippen LogP contribution < -0.4 is 0 Å².